The van der Waals surface area contributed by atoms with E-state index in [1.54, 1.807) is 17.0 Å². The number of carbonyl (C=O) groups excluding carboxylic acids is 1. The molecule has 1 amide bonds. The third-order valence-corrected chi connectivity index (χ3v) is 7.39. The zero-order valence-electron chi connectivity index (χ0n) is 18.0. The van der Waals surface area contributed by atoms with Crippen LogP contribution in [0.25, 0.3) is 6.08 Å². The molecule has 4 rings (SSSR count). The molecule has 0 aromatic heterocycles. The maximum atomic E-state index is 13.2. The molecule has 0 saturated carbocycles. The van der Waals surface area contributed by atoms with E-state index in [0.29, 0.717) is 33.9 Å². The van der Waals surface area contributed by atoms with E-state index in [-0.39, 0.29) is 24.4 Å². The molecule has 2 aromatic carbocycles. The van der Waals surface area contributed by atoms with Gasteiger partial charge in [-0.1, -0.05) is 36.1 Å². The summed E-state index contributed by atoms with van der Waals surface area (Å²) in [5, 5.41) is 0. The monoisotopic (exact) mass is 599 g/mol. The summed E-state index contributed by atoms with van der Waals surface area (Å²) in [6.07, 6.45) is 3.85. The number of halogens is 2. The van der Waals surface area contributed by atoms with Gasteiger partial charge in [-0.25, -0.2) is 4.39 Å². The fourth-order valence-electron chi connectivity index (χ4n) is 3.61. The van der Waals surface area contributed by atoms with Crippen molar-refractivity contribution < 1.29 is 23.4 Å². The molecule has 0 spiro atoms. The Morgan fingerprint density at radius 2 is 2.09 bits per heavy atom. The molecule has 1 atom stereocenters. The van der Waals surface area contributed by atoms with Gasteiger partial charge in [-0.15, -0.1) is 0 Å². The predicted molar refractivity (Wildman–Crippen MR) is 140 cm³/mol. The van der Waals surface area contributed by atoms with Crippen LogP contribution in [-0.2, 0) is 16.1 Å². The molecular weight excluding hydrogens is 576 g/mol. The van der Waals surface area contributed by atoms with Crippen LogP contribution in [0, 0.1) is 9.39 Å². The second kappa shape index (κ2) is 11.2. The minimum atomic E-state index is -0.283. The first-order chi connectivity index (χ1) is 15.9. The molecule has 0 unspecified atom stereocenters. The Balaban J connectivity index is 1.52. The van der Waals surface area contributed by atoms with E-state index in [2.05, 4.69) is 22.6 Å². The third-order valence-electron chi connectivity index (χ3n) is 5.21. The second-order valence-electron chi connectivity index (χ2n) is 7.61. The van der Waals surface area contributed by atoms with E-state index in [4.69, 9.17) is 26.4 Å². The van der Waals surface area contributed by atoms with Gasteiger partial charge in [0.25, 0.3) is 5.91 Å². The molecular formula is C24H23FINO4S2. The van der Waals surface area contributed by atoms with Crippen molar-refractivity contribution in [2.75, 3.05) is 19.8 Å². The molecule has 2 aliphatic rings. The number of hydrogen-bond acceptors (Lipinski definition) is 6. The molecule has 5 nitrogen and oxygen atoms in total. The van der Waals surface area contributed by atoms with E-state index in [1.807, 2.05) is 25.1 Å². The number of thioether (sulfide) groups is 1. The molecule has 2 fully saturated rings. The highest BCUT2D eigenvalue weighted by atomic mass is 127. The smallest absolute Gasteiger partial charge is 0.266 e. The Hall–Kier alpha value is -1.69. The molecule has 33 heavy (non-hydrogen) atoms. The van der Waals surface area contributed by atoms with Gasteiger partial charge in [-0.05, 0) is 83.8 Å². The molecule has 0 bridgehead atoms. The van der Waals surface area contributed by atoms with Gasteiger partial charge in [-0.3, -0.25) is 9.69 Å². The van der Waals surface area contributed by atoms with E-state index < -0.39 is 0 Å². The van der Waals surface area contributed by atoms with Crippen LogP contribution in [0.5, 0.6) is 11.5 Å². The Morgan fingerprint density at radius 3 is 2.79 bits per heavy atom. The van der Waals surface area contributed by atoms with Crippen LogP contribution in [-0.4, -0.2) is 41.0 Å². The highest BCUT2D eigenvalue weighted by Gasteiger charge is 2.34. The molecule has 174 valence electrons. The summed E-state index contributed by atoms with van der Waals surface area (Å²) in [7, 11) is 0. The minimum Gasteiger partial charge on any atom is -0.490 e. The molecule has 0 aliphatic carbocycles. The third kappa shape index (κ3) is 6.06. The first-order valence-electron chi connectivity index (χ1n) is 10.6. The Labute approximate surface area is 215 Å². The number of amides is 1. The van der Waals surface area contributed by atoms with Gasteiger partial charge in [0, 0.05) is 6.61 Å². The lowest BCUT2D eigenvalue weighted by Crippen LogP contribution is -2.35. The lowest BCUT2D eigenvalue weighted by atomic mass is 10.1. The lowest BCUT2D eigenvalue weighted by Gasteiger charge is -2.18. The van der Waals surface area contributed by atoms with Crippen molar-refractivity contribution in [3.05, 3.63) is 61.8 Å². The number of carbonyl (C=O) groups is 1. The average Bonchev–Trinajstić information content (AvgIpc) is 3.39. The molecule has 0 N–H and O–H groups in total. The average molecular weight is 599 g/mol. The van der Waals surface area contributed by atoms with Gasteiger partial charge in [0.1, 0.15) is 16.7 Å². The van der Waals surface area contributed by atoms with Crippen molar-refractivity contribution >= 4 is 62.9 Å². The fourth-order valence-corrected chi connectivity index (χ4v) is 5.67. The summed E-state index contributed by atoms with van der Waals surface area (Å²) < 4.78 is 32.1. The van der Waals surface area contributed by atoms with Crippen molar-refractivity contribution in [1.29, 1.82) is 0 Å². The normalized spacial score (nSPS) is 19.5. The van der Waals surface area contributed by atoms with E-state index in [1.165, 1.54) is 23.9 Å². The highest BCUT2D eigenvalue weighted by molar-refractivity contribution is 14.1. The van der Waals surface area contributed by atoms with Gasteiger partial charge >= 0.3 is 0 Å². The molecule has 2 aromatic rings. The predicted octanol–water partition coefficient (Wildman–Crippen LogP) is 5.79. The van der Waals surface area contributed by atoms with Crippen molar-refractivity contribution in [1.82, 2.24) is 4.90 Å². The summed E-state index contributed by atoms with van der Waals surface area (Å²) in [5.41, 5.74) is 1.68. The topological polar surface area (TPSA) is 48.0 Å². The molecule has 2 aliphatic heterocycles. The van der Waals surface area contributed by atoms with E-state index in [0.717, 1.165) is 34.1 Å². The van der Waals surface area contributed by atoms with E-state index in [9.17, 15) is 9.18 Å². The fraction of sp³-hybridized carbons (Fsp3) is 0.333. The largest absolute Gasteiger partial charge is 0.490 e. The lowest BCUT2D eigenvalue weighted by molar-refractivity contribution is -0.123. The summed E-state index contributed by atoms with van der Waals surface area (Å²) in [5.74, 6) is 0.830. The standard InChI is InChI=1S/C24H23FINO4S2/c1-2-29-20-11-16(10-19(26)22(20)31-14-15-5-7-17(25)8-6-15)12-21-23(28)27(24(32)33-21)13-18-4-3-9-30-18/h5-8,10-12,18H,2-4,9,13-14H2,1H3/b21-12-/t18-/m1/s1. The first kappa shape index (κ1) is 24.4. The van der Waals surface area contributed by atoms with Crippen LogP contribution in [0.3, 0.4) is 0 Å². The van der Waals surface area contributed by atoms with Crippen LogP contribution in [0.1, 0.15) is 30.9 Å². The van der Waals surface area contributed by atoms with Crippen molar-refractivity contribution in [2.24, 2.45) is 0 Å². The van der Waals surface area contributed by atoms with Crippen LogP contribution in [0.15, 0.2) is 41.3 Å². The maximum absolute atomic E-state index is 13.2. The molecule has 2 heterocycles. The van der Waals surface area contributed by atoms with Crippen LogP contribution >= 0.6 is 46.6 Å². The van der Waals surface area contributed by atoms with Crippen molar-refractivity contribution in [3.8, 4) is 11.5 Å². The number of benzene rings is 2. The van der Waals surface area contributed by atoms with Gasteiger partial charge in [0.05, 0.1) is 27.7 Å². The Morgan fingerprint density at radius 1 is 1.30 bits per heavy atom. The van der Waals surface area contributed by atoms with Crippen molar-refractivity contribution in [3.63, 3.8) is 0 Å². The summed E-state index contributed by atoms with van der Waals surface area (Å²) >= 11 is 8.95. The molecule has 2 saturated heterocycles. The SMILES string of the molecule is CCOc1cc(/C=C2\SC(=S)N(C[C@H]3CCCO3)C2=O)cc(I)c1OCc1ccc(F)cc1. The highest BCUT2D eigenvalue weighted by Crippen LogP contribution is 2.38. The zero-order valence-corrected chi connectivity index (χ0v) is 21.8. The Kier molecular flexibility index (Phi) is 8.26. The van der Waals surface area contributed by atoms with Gasteiger partial charge in [-0.2, -0.15) is 0 Å². The molecule has 9 heteroatoms. The number of nitrogens with zero attached hydrogens (tertiary/aromatic N) is 1. The van der Waals surface area contributed by atoms with Crippen LogP contribution in [0.4, 0.5) is 4.39 Å². The maximum Gasteiger partial charge on any atom is 0.266 e. The van der Waals surface area contributed by atoms with Gasteiger partial charge < -0.3 is 14.2 Å². The van der Waals surface area contributed by atoms with Crippen LogP contribution in [0.2, 0.25) is 0 Å². The van der Waals surface area contributed by atoms with Crippen molar-refractivity contribution in [2.45, 2.75) is 32.5 Å². The molecule has 0 radical (unpaired) electrons. The first-order valence-corrected chi connectivity index (χ1v) is 13.0. The second-order valence-corrected chi connectivity index (χ2v) is 10.4. The zero-order chi connectivity index (χ0) is 23.4. The summed E-state index contributed by atoms with van der Waals surface area (Å²) in [4.78, 5) is 15.2. The van der Waals surface area contributed by atoms with E-state index >= 15 is 0 Å². The number of rotatable bonds is 8. The van der Waals surface area contributed by atoms with Crippen LogP contribution < -0.4 is 9.47 Å². The quantitative estimate of drug-likeness (QED) is 0.218. The summed E-state index contributed by atoms with van der Waals surface area (Å²) in [6.45, 7) is 3.90. The van der Waals surface area contributed by atoms with Gasteiger partial charge in [0.15, 0.2) is 11.5 Å². The Bertz CT molecular complexity index is 1070. The van der Waals surface area contributed by atoms with Gasteiger partial charge in [0.2, 0.25) is 0 Å². The number of hydrogen-bond donors (Lipinski definition) is 0. The summed E-state index contributed by atoms with van der Waals surface area (Å²) in [6, 6.07) is 10.00. The number of ether oxygens (including phenoxy) is 3. The number of thiocarbonyl (C=S) groups is 1. The minimum absolute atomic E-state index is 0.0508.